The van der Waals surface area contributed by atoms with Crippen LogP contribution in [-0.2, 0) is 20.7 Å². The first kappa shape index (κ1) is 30.8. The Balaban J connectivity index is 0.00000481. The standard InChI is InChI=1S/C26H40N4O6.ClH/c1-26(2,12-19(27)22(32)14-28-24(34)18-8-6-10-21(18)31)13-23(33)30-15-17(29-25(35)36-3)11-16-7-4-5-9-20(16)30;/h4-5,7,9,17-19,21-22,31-32H,6,8,10-15,27H2,1-3H3,(H,28,34)(H,29,35);1H/t17?,18-,19-,21-,22-;/m0./s1. The minimum atomic E-state index is -0.980. The number of nitrogens with two attached hydrogens (primary N) is 1. The largest absolute Gasteiger partial charge is 0.453 e. The Morgan fingerprint density at radius 2 is 1.95 bits per heavy atom. The van der Waals surface area contributed by atoms with Crippen molar-refractivity contribution in [3.05, 3.63) is 29.8 Å². The summed E-state index contributed by atoms with van der Waals surface area (Å²) in [6.07, 6.45) is 1.05. The zero-order chi connectivity index (χ0) is 26.5. The molecule has 3 rings (SSSR count). The fraction of sp³-hybridized carbons (Fsp3) is 0.654. The van der Waals surface area contributed by atoms with Crippen LogP contribution in [0.25, 0.3) is 0 Å². The van der Waals surface area contributed by atoms with Crippen molar-refractivity contribution in [2.45, 2.75) is 76.7 Å². The molecule has 11 heteroatoms. The van der Waals surface area contributed by atoms with Gasteiger partial charge in [0.1, 0.15) is 0 Å². The van der Waals surface area contributed by atoms with E-state index in [1.165, 1.54) is 7.11 Å². The average Bonchev–Trinajstić information content (AvgIpc) is 3.26. The Morgan fingerprint density at radius 1 is 1.24 bits per heavy atom. The molecule has 37 heavy (non-hydrogen) atoms. The second-order valence-electron chi connectivity index (χ2n) is 10.8. The summed E-state index contributed by atoms with van der Waals surface area (Å²) in [4.78, 5) is 39.2. The summed E-state index contributed by atoms with van der Waals surface area (Å²) < 4.78 is 4.72. The van der Waals surface area contributed by atoms with E-state index < -0.39 is 35.7 Å². The molecule has 208 valence electrons. The summed E-state index contributed by atoms with van der Waals surface area (Å²) in [5, 5.41) is 25.9. The van der Waals surface area contributed by atoms with E-state index in [2.05, 4.69) is 10.6 Å². The smallest absolute Gasteiger partial charge is 0.407 e. The van der Waals surface area contributed by atoms with Crippen molar-refractivity contribution < 1.29 is 29.3 Å². The van der Waals surface area contributed by atoms with E-state index in [0.29, 0.717) is 32.2 Å². The number of nitrogens with zero attached hydrogens (tertiary/aromatic N) is 1. The van der Waals surface area contributed by atoms with Gasteiger partial charge < -0.3 is 36.2 Å². The molecule has 5 atom stereocenters. The zero-order valence-electron chi connectivity index (χ0n) is 21.8. The highest BCUT2D eigenvalue weighted by molar-refractivity contribution is 5.95. The van der Waals surface area contributed by atoms with Gasteiger partial charge in [0.25, 0.3) is 0 Å². The first-order valence-electron chi connectivity index (χ1n) is 12.6. The predicted molar refractivity (Wildman–Crippen MR) is 142 cm³/mol. The van der Waals surface area contributed by atoms with Crippen LogP contribution in [0.4, 0.5) is 10.5 Å². The number of amides is 3. The minimum absolute atomic E-state index is 0. The first-order valence-corrected chi connectivity index (χ1v) is 12.6. The third-order valence-electron chi connectivity index (χ3n) is 7.17. The number of rotatable bonds is 9. The molecule has 1 aliphatic heterocycles. The topological polar surface area (TPSA) is 154 Å². The van der Waals surface area contributed by atoms with E-state index in [9.17, 15) is 24.6 Å². The molecule has 1 aromatic carbocycles. The molecule has 3 amide bonds. The molecule has 1 unspecified atom stereocenters. The van der Waals surface area contributed by atoms with Crippen molar-refractivity contribution in [2.24, 2.45) is 17.1 Å². The summed E-state index contributed by atoms with van der Waals surface area (Å²) in [6.45, 7) is 4.17. The van der Waals surface area contributed by atoms with Crippen LogP contribution in [0.2, 0.25) is 0 Å². The third-order valence-corrected chi connectivity index (χ3v) is 7.17. The molecule has 1 aromatic rings. The van der Waals surface area contributed by atoms with E-state index in [1.54, 1.807) is 4.90 Å². The Labute approximate surface area is 224 Å². The number of carbonyl (C=O) groups is 3. The van der Waals surface area contributed by atoms with Crippen LogP contribution >= 0.6 is 12.4 Å². The van der Waals surface area contributed by atoms with Crippen LogP contribution in [0, 0.1) is 11.3 Å². The maximum atomic E-state index is 13.4. The molecule has 0 bridgehead atoms. The number of aliphatic hydroxyl groups is 2. The maximum Gasteiger partial charge on any atom is 0.407 e. The van der Waals surface area contributed by atoms with Gasteiger partial charge >= 0.3 is 6.09 Å². The van der Waals surface area contributed by atoms with Crippen LogP contribution in [-0.4, -0.2) is 72.6 Å². The van der Waals surface area contributed by atoms with Crippen molar-refractivity contribution in [1.82, 2.24) is 10.6 Å². The quantitative estimate of drug-likeness (QED) is 0.318. The molecular formula is C26H41ClN4O6. The van der Waals surface area contributed by atoms with Crippen molar-refractivity contribution in [3.63, 3.8) is 0 Å². The number of alkyl carbamates (subject to hydrolysis) is 1. The van der Waals surface area contributed by atoms with Gasteiger partial charge in [0.2, 0.25) is 11.8 Å². The average molecular weight is 541 g/mol. The van der Waals surface area contributed by atoms with E-state index in [1.807, 2.05) is 38.1 Å². The van der Waals surface area contributed by atoms with Crippen molar-refractivity contribution in [2.75, 3.05) is 25.1 Å². The lowest BCUT2D eigenvalue weighted by molar-refractivity contribution is -0.128. The van der Waals surface area contributed by atoms with Gasteiger partial charge in [-0.25, -0.2) is 4.79 Å². The maximum absolute atomic E-state index is 13.4. The van der Waals surface area contributed by atoms with Gasteiger partial charge in [0.05, 0.1) is 31.3 Å². The van der Waals surface area contributed by atoms with Gasteiger partial charge in [-0.2, -0.15) is 0 Å². The van der Waals surface area contributed by atoms with Gasteiger partial charge in [0, 0.05) is 31.2 Å². The number of methoxy groups -OCH3 is 1. The van der Waals surface area contributed by atoms with Crippen LogP contribution in [0.15, 0.2) is 24.3 Å². The van der Waals surface area contributed by atoms with Crippen molar-refractivity contribution >= 4 is 36.0 Å². The number of hydrogen-bond donors (Lipinski definition) is 5. The predicted octanol–water partition coefficient (Wildman–Crippen LogP) is 1.49. The molecule has 2 aliphatic rings. The highest BCUT2D eigenvalue weighted by atomic mass is 35.5. The number of fused-ring (bicyclic) bond motifs is 1. The molecule has 6 N–H and O–H groups in total. The number of benzene rings is 1. The van der Waals surface area contributed by atoms with Crippen molar-refractivity contribution in [1.29, 1.82) is 0 Å². The number of carbonyl (C=O) groups excluding carboxylic acids is 3. The molecule has 1 aliphatic carbocycles. The van der Waals surface area contributed by atoms with E-state index in [0.717, 1.165) is 17.7 Å². The Kier molecular flexibility index (Phi) is 11.2. The lowest BCUT2D eigenvalue weighted by Crippen LogP contribution is -2.51. The van der Waals surface area contributed by atoms with Crippen LogP contribution in [0.5, 0.6) is 0 Å². The van der Waals surface area contributed by atoms with Crippen LogP contribution in [0.3, 0.4) is 0 Å². The molecule has 1 fully saturated rings. The molecule has 0 aromatic heterocycles. The zero-order valence-corrected chi connectivity index (χ0v) is 22.6. The van der Waals surface area contributed by atoms with Gasteiger partial charge in [-0.1, -0.05) is 32.0 Å². The monoisotopic (exact) mass is 540 g/mol. The number of nitrogens with one attached hydrogen (secondary N) is 2. The molecule has 1 heterocycles. The number of aliphatic hydroxyl groups excluding tert-OH is 2. The number of para-hydroxylation sites is 1. The normalized spacial score (nSPS) is 22.8. The molecular weight excluding hydrogens is 500 g/mol. The number of ether oxygens (including phenoxy) is 1. The van der Waals surface area contributed by atoms with Gasteiger partial charge in [-0.15, -0.1) is 12.4 Å². The van der Waals surface area contributed by atoms with Gasteiger partial charge in [-0.05, 0) is 49.1 Å². The summed E-state index contributed by atoms with van der Waals surface area (Å²) >= 11 is 0. The highest BCUT2D eigenvalue weighted by Gasteiger charge is 2.35. The van der Waals surface area contributed by atoms with E-state index in [4.69, 9.17) is 10.5 Å². The Morgan fingerprint density at radius 3 is 2.59 bits per heavy atom. The number of halogens is 1. The SMILES string of the molecule is COC(=O)NC1Cc2ccccc2N(C(=O)CC(C)(C)C[C@H](N)[C@@H](O)CNC(=O)[C@H]2CCC[C@@H]2O)C1.Cl. The molecule has 1 saturated carbocycles. The lowest BCUT2D eigenvalue weighted by Gasteiger charge is -2.37. The number of anilines is 1. The summed E-state index contributed by atoms with van der Waals surface area (Å²) in [6, 6.07) is 6.70. The lowest BCUT2D eigenvalue weighted by atomic mass is 9.80. The number of hydrogen-bond acceptors (Lipinski definition) is 7. The van der Waals surface area contributed by atoms with Gasteiger partial charge in [0.15, 0.2) is 0 Å². The fourth-order valence-corrected chi connectivity index (χ4v) is 5.24. The summed E-state index contributed by atoms with van der Waals surface area (Å²) in [5.41, 5.74) is 7.52. The Bertz CT molecular complexity index is 945. The third kappa shape index (κ3) is 8.29. The molecule has 0 saturated heterocycles. The summed E-state index contributed by atoms with van der Waals surface area (Å²) in [7, 11) is 1.30. The Hall–Kier alpha value is -2.40. The first-order chi connectivity index (χ1) is 17.0. The van der Waals surface area contributed by atoms with E-state index >= 15 is 0 Å². The summed E-state index contributed by atoms with van der Waals surface area (Å²) in [5.74, 6) is -0.805. The van der Waals surface area contributed by atoms with Crippen LogP contribution < -0.4 is 21.3 Å². The van der Waals surface area contributed by atoms with Crippen molar-refractivity contribution in [3.8, 4) is 0 Å². The van der Waals surface area contributed by atoms with E-state index in [-0.39, 0.29) is 43.2 Å². The molecule has 10 nitrogen and oxygen atoms in total. The second kappa shape index (κ2) is 13.4. The van der Waals surface area contributed by atoms with Crippen LogP contribution in [0.1, 0.15) is 51.5 Å². The molecule has 0 spiro atoms. The minimum Gasteiger partial charge on any atom is -0.453 e. The fourth-order valence-electron chi connectivity index (χ4n) is 5.24. The molecule has 0 radical (unpaired) electrons. The van der Waals surface area contributed by atoms with Gasteiger partial charge in [-0.3, -0.25) is 9.59 Å². The second-order valence-corrected chi connectivity index (χ2v) is 10.8. The highest BCUT2D eigenvalue weighted by Crippen LogP contribution is 2.33.